The van der Waals surface area contributed by atoms with Gasteiger partial charge >= 0.3 is 0 Å². The van der Waals surface area contributed by atoms with Gasteiger partial charge in [0, 0.05) is 12.1 Å². The van der Waals surface area contributed by atoms with Crippen LogP contribution in [0.5, 0.6) is 0 Å². The average molecular weight is 204 g/mol. The quantitative estimate of drug-likeness (QED) is 0.459. The maximum atomic E-state index is 8.08. The van der Waals surface area contributed by atoms with Crippen LogP contribution in [0.15, 0.2) is 24.4 Å². The van der Waals surface area contributed by atoms with Crippen molar-refractivity contribution in [3.05, 3.63) is 29.9 Å². The van der Waals surface area contributed by atoms with Gasteiger partial charge in [0.2, 0.25) is 0 Å². The third kappa shape index (κ3) is 2.15. The van der Waals surface area contributed by atoms with Crippen LogP contribution in [-0.4, -0.2) is 23.5 Å². The average Bonchev–Trinajstić information content (AvgIpc) is 2.30. The third-order valence-electron chi connectivity index (χ3n) is 2.85. The largest absolute Gasteiger partial charge is 0.317 e. The standard InChI is InChI=1S/C11H16N4/c12-10-3-1-2-8-15(10)11(13)9-4-6-14-7-5-9/h1-3,8-9,12-14H,4-7H2. The summed E-state index contributed by atoms with van der Waals surface area (Å²) in [6, 6.07) is 5.41. The van der Waals surface area contributed by atoms with Gasteiger partial charge in [-0.3, -0.25) is 15.4 Å². The fourth-order valence-corrected chi connectivity index (χ4v) is 1.95. The molecule has 1 aliphatic rings. The molecule has 1 aliphatic heterocycles. The van der Waals surface area contributed by atoms with Crippen molar-refractivity contribution >= 4 is 5.84 Å². The summed E-state index contributed by atoms with van der Waals surface area (Å²) in [6.07, 6.45) is 3.80. The van der Waals surface area contributed by atoms with Gasteiger partial charge < -0.3 is 5.32 Å². The van der Waals surface area contributed by atoms with Gasteiger partial charge in [-0.25, -0.2) is 0 Å². The van der Waals surface area contributed by atoms with E-state index < -0.39 is 0 Å². The highest BCUT2D eigenvalue weighted by atomic mass is 15.0. The Balaban J connectivity index is 2.20. The Morgan fingerprint density at radius 3 is 2.73 bits per heavy atom. The summed E-state index contributed by atoms with van der Waals surface area (Å²) in [5, 5.41) is 19.1. The van der Waals surface area contributed by atoms with Crippen LogP contribution in [0.25, 0.3) is 0 Å². The summed E-state index contributed by atoms with van der Waals surface area (Å²) < 4.78 is 1.66. The molecule has 4 heteroatoms. The number of pyridine rings is 1. The van der Waals surface area contributed by atoms with Gasteiger partial charge in [0.1, 0.15) is 11.3 Å². The van der Waals surface area contributed by atoms with Crippen LogP contribution in [0.1, 0.15) is 12.8 Å². The maximum Gasteiger partial charge on any atom is 0.130 e. The molecule has 2 rings (SSSR count). The Bertz CT molecular complexity index is 401. The second-order valence-corrected chi connectivity index (χ2v) is 3.87. The molecule has 2 heterocycles. The van der Waals surface area contributed by atoms with E-state index in [4.69, 9.17) is 10.8 Å². The van der Waals surface area contributed by atoms with Gasteiger partial charge in [0.25, 0.3) is 0 Å². The highest BCUT2D eigenvalue weighted by Crippen LogP contribution is 2.13. The van der Waals surface area contributed by atoms with Crippen LogP contribution in [0.3, 0.4) is 0 Å². The Labute approximate surface area is 89.0 Å². The lowest BCUT2D eigenvalue weighted by Gasteiger charge is -2.24. The highest BCUT2D eigenvalue weighted by molar-refractivity contribution is 5.83. The van der Waals surface area contributed by atoms with Gasteiger partial charge in [0.15, 0.2) is 0 Å². The molecule has 0 aliphatic carbocycles. The first kappa shape index (κ1) is 10.1. The summed E-state index contributed by atoms with van der Waals surface area (Å²) in [5.74, 6) is 0.852. The lowest BCUT2D eigenvalue weighted by molar-refractivity contribution is 0.447. The lowest BCUT2D eigenvalue weighted by atomic mass is 9.96. The molecule has 0 radical (unpaired) electrons. The zero-order chi connectivity index (χ0) is 10.7. The molecule has 4 nitrogen and oxygen atoms in total. The summed E-state index contributed by atoms with van der Waals surface area (Å²) in [6.45, 7) is 1.96. The highest BCUT2D eigenvalue weighted by Gasteiger charge is 2.18. The molecule has 0 saturated carbocycles. The maximum absolute atomic E-state index is 8.08. The van der Waals surface area contributed by atoms with Crippen LogP contribution in [0.4, 0.5) is 0 Å². The summed E-state index contributed by atoms with van der Waals surface area (Å²) in [5.41, 5.74) is 0.390. The summed E-state index contributed by atoms with van der Waals surface area (Å²) in [4.78, 5) is 0. The van der Waals surface area contributed by atoms with Crippen molar-refractivity contribution in [1.82, 2.24) is 9.88 Å². The Morgan fingerprint density at radius 1 is 1.33 bits per heavy atom. The van der Waals surface area contributed by atoms with Gasteiger partial charge in [-0.05, 0) is 38.1 Å². The van der Waals surface area contributed by atoms with E-state index in [9.17, 15) is 0 Å². The fourth-order valence-electron chi connectivity index (χ4n) is 1.95. The Kier molecular flexibility index (Phi) is 2.97. The van der Waals surface area contributed by atoms with E-state index in [-0.39, 0.29) is 0 Å². The molecule has 1 saturated heterocycles. The molecule has 0 unspecified atom stereocenters. The van der Waals surface area contributed by atoms with Crippen LogP contribution < -0.4 is 10.8 Å². The molecule has 1 aromatic rings. The van der Waals surface area contributed by atoms with Crippen molar-refractivity contribution in [3.63, 3.8) is 0 Å². The molecule has 3 N–H and O–H groups in total. The van der Waals surface area contributed by atoms with E-state index in [1.165, 1.54) is 0 Å². The molecule has 1 fully saturated rings. The summed E-state index contributed by atoms with van der Waals surface area (Å²) in [7, 11) is 0. The predicted molar refractivity (Wildman–Crippen MR) is 59.0 cm³/mol. The van der Waals surface area contributed by atoms with Crippen molar-refractivity contribution in [2.45, 2.75) is 12.8 Å². The molecule has 0 amide bonds. The molecule has 0 spiro atoms. The normalized spacial score (nSPS) is 17.6. The van der Waals surface area contributed by atoms with Crippen LogP contribution in [0, 0.1) is 16.7 Å². The van der Waals surface area contributed by atoms with Crippen LogP contribution in [0.2, 0.25) is 0 Å². The van der Waals surface area contributed by atoms with Gasteiger partial charge in [-0.1, -0.05) is 6.07 Å². The molecular formula is C11H16N4. The van der Waals surface area contributed by atoms with Gasteiger partial charge in [-0.15, -0.1) is 0 Å². The van der Waals surface area contributed by atoms with Crippen molar-refractivity contribution in [2.75, 3.05) is 13.1 Å². The molecular weight excluding hydrogens is 188 g/mol. The van der Waals surface area contributed by atoms with E-state index in [1.807, 2.05) is 12.1 Å². The number of aromatic nitrogens is 1. The first-order chi connectivity index (χ1) is 7.29. The van der Waals surface area contributed by atoms with Crippen molar-refractivity contribution < 1.29 is 0 Å². The number of piperidine rings is 1. The second-order valence-electron chi connectivity index (χ2n) is 3.87. The third-order valence-corrected chi connectivity index (χ3v) is 2.85. The topological polar surface area (TPSA) is 64.7 Å². The van der Waals surface area contributed by atoms with Crippen molar-refractivity contribution in [3.8, 4) is 0 Å². The number of hydrogen-bond donors (Lipinski definition) is 3. The molecule has 0 atom stereocenters. The SMILES string of the molecule is N=C(C1CCNCC1)n1ccccc1=N. The molecule has 0 bridgehead atoms. The summed E-state index contributed by atoms with van der Waals surface area (Å²) >= 11 is 0. The molecule has 1 aromatic heterocycles. The van der Waals surface area contributed by atoms with E-state index in [1.54, 1.807) is 16.8 Å². The predicted octanol–water partition coefficient (Wildman–Crippen LogP) is 0.793. The van der Waals surface area contributed by atoms with Crippen molar-refractivity contribution in [1.29, 1.82) is 10.8 Å². The second kappa shape index (κ2) is 4.40. The number of hydrogen-bond acceptors (Lipinski definition) is 3. The minimum absolute atomic E-state index is 0.294. The van der Waals surface area contributed by atoms with E-state index in [2.05, 4.69) is 5.32 Å². The van der Waals surface area contributed by atoms with E-state index in [0.717, 1.165) is 25.9 Å². The fraction of sp³-hybridized carbons (Fsp3) is 0.455. The lowest BCUT2D eigenvalue weighted by Crippen LogP contribution is -2.37. The first-order valence-corrected chi connectivity index (χ1v) is 5.31. The van der Waals surface area contributed by atoms with E-state index >= 15 is 0 Å². The molecule has 80 valence electrons. The monoisotopic (exact) mass is 204 g/mol. The van der Waals surface area contributed by atoms with E-state index in [0.29, 0.717) is 17.2 Å². The minimum atomic E-state index is 0.294. The number of rotatable bonds is 1. The smallest absolute Gasteiger partial charge is 0.130 e. The number of nitrogens with one attached hydrogen (secondary N) is 3. The zero-order valence-electron chi connectivity index (χ0n) is 8.66. The first-order valence-electron chi connectivity index (χ1n) is 5.31. The zero-order valence-corrected chi connectivity index (χ0v) is 8.66. The van der Waals surface area contributed by atoms with Gasteiger partial charge in [-0.2, -0.15) is 0 Å². The van der Waals surface area contributed by atoms with Crippen molar-refractivity contribution in [2.24, 2.45) is 5.92 Å². The molecule has 0 aromatic carbocycles. The molecule has 15 heavy (non-hydrogen) atoms. The van der Waals surface area contributed by atoms with Crippen LogP contribution >= 0.6 is 0 Å². The number of nitrogens with zero attached hydrogens (tertiary/aromatic N) is 1. The Morgan fingerprint density at radius 2 is 2.07 bits per heavy atom. The Hall–Kier alpha value is -1.42. The van der Waals surface area contributed by atoms with Crippen LogP contribution in [-0.2, 0) is 0 Å². The van der Waals surface area contributed by atoms with Gasteiger partial charge in [0.05, 0.1) is 0 Å². The minimum Gasteiger partial charge on any atom is -0.317 e.